The van der Waals surface area contributed by atoms with E-state index in [1.54, 1.807) is 12.1 Å². The molecule has 0 aliphatic rings. The van der Waals surface area contributed by atoms with Gasteiger partial charge in [-0.05, 0) is 91.2 Å². The van der Waals surface area contributed by atoms with Crippen molar-refractivity contribution in [3.63, 3.8) is 0 Å². The number of anilines is 1. The van der Waals surface area contributed by atoms with Gasteiger partial charge in [0.25, 0.3) is 0 Å². The van der Waals surface area contributed by atoms with E-state index in [0.29, 0.717) is 12.2 Å². The van der Waals surface area contributed by atoms with Crippen LogP contribution in [0.1, 0.15) is 25.8 Å². The van der Waals surface area contributed by atoms with Crippen molar-refractivity contribution < 1.29 is 17.9 Å². The lowest BCUT2D eigenvalue weighted by atomic mass is 10.1. The van der Waals surface area contributed by atoms with Gasteiger partial charge in [0.2, 0.25) is 15.9 Å². The van der Waals surface area contributed by atoms with Crippen LogP contribution in [-0.2, 0) is 21.2 Å². The Hall–Kier alpha value is -1.81. The Morgan fingerprint density at radius 1 is 1.17 bits per heavy atom. The molecule has 29 heavy (non-hydrogen) atoms. The number of ether oxygens (including phenoxy) is 1. The standard InChI is InChI=1S/C21H27IN2O4S/c1-16(2)28-20-8-4-6-17(14-20)7-5-13-23-21(25)15-24(29(3,26)27)19-11-9-18(22)10-12-19/h4,6,8-12,14,16H,5,7,13,15H2,1-3H3,(H,23,25). The van der Waals surface area contributed by atoms with Gasteiger partial charge in [-0.15, -0.1) is 0 Å². The molecule has 0 radical (unpaired) electrons. The summed E-state index contributed by atoms with van der Waals surface area (Å²) < 4.78 is 32.0. The van der Waals surface area contributed by atoms with Crippen LogP contribution < -0.4 is 14.4 Å². The summed E-state index contributed by atoms with van der Waals surface area (Å²) in [7, 11) is -3.56. The molecule has 0 saturated carbocycles. The molecule has 0 saturated heterocycles. The van der Waals surface area contributed by atoms with E-state index in [-0.39, 0.29) is 18.6 Å². The van der Waals surface area contributed by atoms with Crippen LogP contribution in [0.5, 0.6) is 5.75 Å². The second kappa shape index (κ2) is 10.8. The van der Waals surface area contributed by atoms with E-state index in [1.807, 2.05) is 50.2 Å². The number of nitrogens with one attached hydrogen (secondary N) is 1. The SMILES string of the molecule is CC(C)Oc1cccc(CCCNC(=O)CN(c2ccc(I)cc2)S(C)(=O)=O)c1. The van der Waals surface area contributed by atoms with E-state index < -0.39 is 10.0 Å². The number of carbonyl (C=O) groups is 1. The van der Waals surface area contributed by atoms with Crippen LogP contribution in [0.15, 0.2) is 48.5 Å². The Balaban J connectivity index is 1.86. The largest absolute Gasteiger partial charge is 0.491 e. The van der Waals surface area contributed by atoms with Crippen LogP contribution in [0, 0.1) is 3.57 Å². The molecule has 0 aromatic heterocycles. The second-order valence-electron chi connectivity index (χ2n) is 7.01. The van der Waals surface area contributed by atoms with Crippen LogP contribution >= 0.6 is 22.6 Å². The zero-order valence-corrected chi connectivity index (χ0v) is 19.9. The molecule has 0 heterocycles. The van der Waals surface area contributed by atoms with E-state index >= 15 is 0 Å². The van der Waals surface area contributed by atoms with E-state index in [0.717, 1.165) is 38.3 Å². The molecule has 0 aliphatic heterocycles. The van der Waals surface area contributed by atoms with Crippen molar-refractivity contribution in [2.45, 2.75) is 32.8 Å². The first kappa shape index (κ1) is 23.5. The highest BCUT2D eigenvalue weighted by Crippen LogP contribution is 2.19. The van der Waals surface area contributed by atoms with Gasteiger partial charge in [0, 0.05) is 10.1 Å². The lowest BCUT2D eigenvalue weighted by Gasteiger charge is -2.22. The number of halogens is 1. The summed E-state index contributed by atoms with van der Waals surface area (Å²) in [6.45, 7) is 4.20. The third-order valence-corrected chi connectivity index (χ3v) is 5.90. The zero-order valence-electron chi connectivity index (χ0n) is 16.9. The molecule has 0 spiro atoms. The number of hydrogen-bond acceptors (Lipinski definition) is 4. The average molecular weight is 530 g/mol. The number of sulfonamides is 1. The van der Waals surface area contributed by atoms with E-state index in [9.17, 15) is 13.2 Å². The van der Waals surface area contributed by atoms with Gasteiger partial charge in [0.15, 0.2) is 0 Å². The van der Waals surface area contributed by atoms with Crippen molar-refractivity contribution in [3.8, 4) is 5.75 Å². The normalized spacial score (nSPS) is 11.3. The fourth-order valence-corrected chi connectivity index (χ4v) is 3.98. The molecule has 0 atom stereocenters. The van der Waals surface area contributed by atoms with Gasteiger partial charge in [-0.25, -0.2) is 8.42 Å². The van der Waals surface area contributed by atoms with Gasteiger partial charge >= 0.3 is 0 Å². The number of rotatable bonds is 10. The lowest BCUT2D eigenvalue weighted by molar-refractivity contribution is -0.119. The number of carbonyl (C=O) groups excluding carboxylic acids is 1. The minimum absolute atomic E-state index is 0.121. The molecule has 1 amide bonds. The summed E-state index contributed by atoms with van der Waals surface area (Å²) in [5, 5.41) is 2.81. The van der Waals surface area contributed by atoms with Gasteiger partial charge in [0.05, 0.1) is 18.0 Å². The van der Waals surface area contributed by atoms with Gasteiger partial charge in [0.1, 0.15) is 12.3 Å². The van der Waals surface area contributed by atoms with Crippen molar-refractivity contribution in [1.82, 2.24) is 5.32 Å². The van der Waals surface area contributed by atoms with E-state index in [2.05, 4.69) is 27.9 Å². The fraction of sp³-hybridized carbons (Fsp3) is 0.381. The molecule has 1 N–H and O–H groups in total. The molecule has 8 heteroatoms. The number of nitrogens with zero attached hydrogens (tertiary/aromatic N) is 1. The second-order valence-corrected chi connectivity index (χ2v) is 10.2. The first-order valence-electron chi connectivity index (χ1n) is 9.41. The smallest absolute Gasteiger partial charge is 0.240 e. The highest BCUT2D eigenvalue weighted by atomic mass is 127. The molecule has 2 aromatic carbocycles. The minimum Gasteiger partial charge on any atom is -0.491 e. The van der Waals surface area contributed by atoms with Gasteiger partial charge in [-0.3, -0.25) is 9.10 Å². The third kappa shape index (κ3) is 8.22. The highest BCUT2D eigenvalue weighted by molar-refractivity contribution is 14.1. The molecule has 2 rings (SSSR count). The molecule has 0 unspecified atom stereocenters. The number of benzene rings is 2. The molecule has 158 valence electrons. The van der Waals surface area contributed by atoms with Crippen LogP contribution in [0.2, 0.25) is 0 Å². The Morgan fingerprint density at radius 2 is 1.86 bits per heavy atom. The number of aryl methyl sites for hydroxylation is 1. The molecular formula is C21H27IN2O4S. The monoisotopic (exact) mass is 530 g/mol. The first-order chi connectivity index (χ1) is 13.6. The van der Waals surface area contributed by atoms with Gasteiger partial charge in [-0.2, -0.15) is 0 Å². The summed E-state index contributed by atoms with van der Waals surface area (Å²) in [6, 6.07) is 14.9. The summed E-state index contributed by atoms with van der Waals surface area (Å²) in [5.41, 5.74) is 1.61. The maximum Gasteiger partial charge on any atom is 0.240 e. The minimum atomic E-state index is -3.56. The summed E-state index contributed by atoms with van der Waals surface area (Å²) in [4.78, 5) is 12.3. The fourth-order valence-electron chi connectivity index (χ4n) is 2.76. The van der Waals surface area contributed by atoms with Gasteiger partial charge in [-0.1, -0.05) is 12.1 Å². The topological polar surface area (TPSA) is 75.7 Å². The molecule has 6 nitrogen and oxygen atoms in total. The van der Waals surface area contributed by atoms with Crippen molar-refractivity contribution in [2.24, 2.45) is 0 Å². The molecular weight excluding hydrogens is 503 g/mol. The predicted octanol–water partition coefficient (Wildman–Crippen LogP) is 3.59. The lowest BCUT2D eigenvalue weighted by Crippen LogP contribution is -2.40. The molecule has 0 aliphatic carbocycles. The average Bonchev–Trinajstić information content (AvgIpc) is 2.63. The number of hydrogen-bond donors (Lipinski definition) is 1. The Kier molecular flexibility index (Phi) is 8.76. The maximum atomic E-state index is 12.3. The quantitative estimate of drug-likeness (QED) is 0.377. The van der Waals surface area contributed by atoms with Crippen LogP contribution in [0.4, 0.5) is 5.69 Å². The van der Waals surface area contributed by atoms with Crippen molar-refractivity contribution in [1.29, 1.82) is 0 Å². The zero-order chi connectivity index (χ0) is 21.4. The Morgan fingerprint density at radius 3 is 2.48 bits per heavy atom. The van der Waals surface area contributed by atoms with Crippen LogP contribution in [0.3, 0.4) is 0 Å². The molecule has 0 fully saturated rings. The van der Waals surface area contributed by atoms with Crippen molar-refractivity contribution >= 4 is 44.2 Å². The predicted molar refractivity (Wildman–Crippen MR) is 125 cm³/mol. The van der Waals surface area contributed by atoms with Gasteiger partial charge < -0.3 is 10.1 Å². The highest BCUT2D eigenvalue weighted by Gasteiger charge is 2.20. The van der Waals surface area contributed by atoms with Crippen LogP contribution in [0.25, 0.3) is 0 Å². The van der Waals surface area contributed by atoms with Crippen molar-refractivity contribution in [2.75, 3.05) is 23.7 Å². The summed E-state index contributed by atoms with van der Waals surface area (Å²) >= 11 is 2.15. The summed E-state index contributed by atoms with van der Waals surface area (Å²) in [6.07, 6.45) is 2.77. The first-order valence-corrected chi connectivity index (χ1v) is 12.3. The van der Waals surface area contributed by atoms with Crippen molar-refractivity contribution in [3.05, 3.63) is 57.7 Å². The Bertz CT molecular complexity index is 915. The molecule has 0 bridgehead atoms. The number of amides is 1. The Labute approximate surface area is 186 Å². The maximum absolute atomic E-state index is 12.3. The molecule has 2 aromatic rings. The van der Waals surface area contributed by atoms with E-state index in [4.69, 9.17) is 4.74 Å². The summed E-state index contributed by atoms with van der Waals surface area (Å²) in [5.74, 6) is 0.508. The van der Waals surface area contributed by atoms with Crippen LogP contribution in [-0.4, -0.2) is 39.8 Å². The van der Waals surface area contributed by atoms with E-state index in [1.165, 1.54) is 0 Å². The third-order valence-electron chi connectivity index (χ3n) is 4.04.